The summed E-state index contributed by atoms with van der Waals surface area (Å²) in [6, 6.07) is 11.8. The molecule has 34 heavy (non-hydrogen) atoms. The van der Waals surface area contributed by atoms with Crippen LogP contribution in [0.5, 0.6) is 5.75 Å². The van der Waals surface area contributed by atoms with Crippen LogP contribution in [0.2, 0.25) is 0 Å². The molecular weight excluding hydrogens is 428 g/mol. The molecule has 2 rings (SSSR count). The number of amides is 2. The van der Waals surface area contributed by atoms with E-state index in [1.807, 2.05) is 0 Å². The molecule has 0 radical (unpaired) electrons. The first-order valence-electron chi connectivity index (χ1n) is 12.3. The van der Waals surface area contributed by atoms with Crippen molar-refractivity contribution in [3.63, 3.8) is 0 Å². The Balaban J connectivity index is 2.05. The van der Waals surface area contributed by atoms with Crippen molar-refractivity contribution >= 4 is 17.6 Å². The Hall–Kier alpha value is -3.15. The second-order valence-corrected chi connectivity index (χ2v) is 8.48. The van der Waals surface area contributed by atoms with Crippen LogP contribution in [0.15, 0.2) is 42.5 Å². The lowest BCUT2D eigenvalue weighted by atomic mass is 9.98. The van der Waals surface area contributed by atoms with E-state index < -0.39 is 0 Å². The number of carbonyl (C=O) groups excluding carboxylic acids is 3. The maximum absolute atomic E-state index is 13.1. The standard InChI is InChI=1S/C28H38N2O4/c1-4-5-6-7-8-9-10-11-17-34-25-16-15-22(19-24(25)20-26(31)29-2)27(32)21-13-12-14-23(18-21)28(33)30-3/h12-16,18-19H,4-11,17,20H2,1-3H3,(H,29,31)(H,30,33). The zero-order chi connectivity index (χ0) is 24.8. The van der Waals surface area contributed by atoms with Crippen molar-refractivity contribution in [2.45, 2.75) is 64.7 Å². The van der Waals surface area contributed by atoms with Crippen LogP contribution in [0.25, 0.3) is 0 Å². The molecule has 2 N–H and O–H groups in total. The minimum absolute atomic E-state index is 0.128. The Bertz CT molecular complexity index is 955. The average Bonchev–Trinajstić information content (AvgIpc) is 2.87. The van der Waals surface area contributed by atoms with E-state index in [9.17, 15) is 14.4 Å². The molecule has 0 saturated carbocycles. The molecule has 0 heterocycles. The first-order chi connectivity index (χ1) is 16.5. The maximum Gasteiger partial charge on any atom is 0.251 e. The second kappa shape index (κ2) is 14.9. The minimum Gasteiger partial charge on any atom is -0.493 e. The van der Waals surface area contributed by atoms with Crippen molar-refractivity contribution in [1.82, 2.24) is 10.6 Å². The smallest absolute Gasteiger partial charge is 0.251 e. The molecule has 0 unspecified atom stereocenters. The van der Waals surface area contributed by atoms with Gasteiger partial charge in [-0.15, -0.1) is 0 Å². The van der Waals surface area contributed by atoms with E-state index in [1.165, 1.54) is 38.5 Å². The monoisotopic (exact) mass is 466 g/mol. The minimum atomic E-state index is -0.250. The summed E-state index contributed by atoms with van der Waals surface area (Å²) in [6.45, 7) is 2.81. The molecule has 0 aliphatic rings. The molecule has 0 aromatic heterocycles. The van der Waals surface area contributed by atoms with Gasteiger partial charge in [0.05, 0.1) is 13.0 Å². The quantitative estimate of drug-likeness (QED) is 0.283. The molecule has 0 atom stereocenters. The van der Waals surface area contributed by atoms with E-state index in [4.69, 9.17) is 4.74 Å². The fourth-order valence-electron chi connectivity index (χ4n) is 3.79. The number of rotatable bonds is 15. The van der Waals surface area contributed by atoms with Crippen LogP contribution in [0.3, 0.4) is 0 Å². The van der Waals surface area contributed by atoms with E-state index in [-0.39, 0.29) is 24.0 Å². The number of hydrogen-bond donors (Lipinski definition) is 2. The molecule has 0 aliphatic carbocycles. The third-order valence-electron chi connectivity index (χ3n) is 5.82. The zero-order valence-corrected chi connectivity index (χ0v) is 20.7. The van der Waals surface area contributed by atoms with Crippen molar-refractivity contribution in [3.05, 3.63) is 64.7 Å². The van der Waals surface area contributed by atoms with Gasteiger partial charge in [-0.1, -0.05) is 64.0 Å². The van der Waals surface area contributed by atoms with Crippen molar-refractivity contribution < 1.29 is 19.1 Å². The predicted molar refractivity (Wildman–Crippen MR) is 136 cm³/mol. The SMILES string of the molecule is CCCCCCCCCCOc1ccc(C(=O)c2cccc(C(=O)NC)c2)cc1CC(=O)NC. The molecule has 0 spiro atoms. The third kappa shape index (κ3) is 8.65. The highest BCUT2D eigenvalue weighted by Gasteiger charge is 2.16. The van der Waals surface area contributed by atoms with Crippen LogP contribution in [0.4, 0.5) is 0 Å². The largest absolute Gasteiger partial charge is 0.493 e. The van der Waals surface area contributed by atoms with Gasteiger partial charge in [-0.05, 0) is 36.8 Å². The Morgan fingerprint density at radius 1 is 0.765 bits per heavy atom. The lowest BCUT2D eigenvalue weighted by molar-refractivity contribution is -0.120. The maximum atomic E-state index is 13.1. The summed E-state index contributed by atoms with van der Waals surface area (Å²) in [5, 5.41) is 5.19. The number of carbonyl (C=O) groups is 3. The number of likely N-dealkylation sites (N-methyl/N-ethyl adjacent to an activating group) is 1. The molecule has 0 bridgehead atoms. The summed E-state index contributed by atoms with van der Waals surface area (Å²) in [7, 11) is 3.14. The van der Waals surface area contributed by atoms with Crippen molar-refractivity contribution in [2.75, 3.05) is 20.7 Å². The molecule has 0 aliphatic heterocycles. The number of ketones is 1. The van der Waals surface area contributed by atoms with Gasteiger partial charge >= 0.3 is 0 Å². The summed E-state index contributed by atoms with van der Waals surface area (Å²) in [5.41, 5.74) is 1.96. The Morgan fingerprint density at radius 3 is 2.09 bits per heavy atom. The Labute approximate surface area is 203 Å². The molecular formula is C28H38N2O4. The van der Waals surface area contributed by atoms with E-state index >= 15 is 0 Å². The summed E-state index contributed by atoms with van der Waals surface area (Å²) in [4.78, 5) is 37.1. The first kappa shape index (κ1) is 27.1. The van der Waals surface area contributed by atoms with Gasteiger partial charge in [0, 0.05) is 36.3 Å². The van der Waals surface area contributed by atoms with Crippen LogP contribution in [0, 0.1) is 0 Å². The third-order valence-corrected chi connectivity index (χ3v) is 5.82. The van der Waals surface area contributed by atoms with Gasteiger partial charge in [0.25, 0.3) is 5.91 Å². The van der Waals surface area contributed by atoms with Crippen molar-refractivity contribution in [1.29, 1.82) is 0 Å². The summed E-state index contributed by atoms with van der Waals surface area (Å²) in [5.74, 6) is 0.0172. The highest BCUT2D eigenvalue weighted by Crippen LogP contribution is 2.24. The second-order valence-electron chi connectivity index (χ2n) is 8.48. The number of ether oxygens (including phenoxy) is 1. The Kier molecular flexibility index (Phi) is 11.9. The van der Waals surface area contributed by atoms with E-state index in [2.05, 4.69) is 17.6 Å². The van der Waals surface area contributed by atoms with E-state index in [1.54, 1.807) is 56.6 Å². The van der Waals surface area contributed by atoms with Crippen LogP contribution < -0.4 is 15.4 Å². The van der Waals surface area contributed by atoms with Crippen LogP contribution >= 0.6 is 0 Å². The van der Waals surface area contributed by atoms with Gasteiger partial charge in [-0.2, -0.15) is 0 Å². The molecule has 184 valence electrons. The van der Waals surface area contributed by atoms with Gasteiger partial charge < -0.3 is 15.4 Å². The molecule has 2 aromatic rings. The topological polar surface area (TPSA) is 84.5 Å². The van der Waals surface area contributed by atoms with Gasteiger partial charge in [0.15, 0.2) is 5.78 Å². The molecule has 6 nitrogen and oxygen atoms in total. The van der Waals surface area contributed by atoms with Crippen LogP contribution in [0.1, 0.15) is 90.1 Å². The number of hydrogen-bond acceptors (Lipinski definition) is 4. The van der Waals surface area contributed by atoms with Crippen LogP contribution in [-0.2, 0) is 11.2 Å². The zero-order valence-electron chi connectivity index (χ0n) is 20.7. The van der Waals surface area contributed by atoms with Crippen molar-refractivity contribution in [2.24, 2.45) is 0 Å². The first-order valence-corrected chi connectivity index (χ1v) is 12.3. The summed E-state index contributed by atoms with van der Waals surface area (Å²) < 4.78 is 5.99. The lowest BCUT2D eigenvalue weighted by Gasteiger charge is -2.13. The van der Waals surface area contributed by atoms with E-state index in [0.29, 0.717) is 34.6 Å². The van der Waals surface area contributed by atoms with Gasteiger partial charge in [-0.3, -0.25) is 14.4 Å². The average molecular weight is 467 g/mol. The Morgan fingerprint density at radius 2 is 1.41 bits per heavy atom. The fraction of sp³-hybridized carbons (Fsp3) is 0.464. The predicted octanol–water partition coefficient (Wildman–Crippen LogP) is 5.09. The highest BCUT2D eigenvalue weighted by molar-refractivity contribution is 6.10. The van der Waals surface area contributed by atoms with E-state index in [0.717, 1.165) is 12.8 Å². The van der Waals surface area contributed by atoms with Crippen molar-refractivity contribution in [3.8, 4) is 5.75 Å². The number of nitrogens with one attached hydrogen (secondary N) is 2. The molecule has 2 aromatic carbocycles. The molecule has 0 fully saturated rings. The normalized spacial score (nSPS) is 10.6. The fourth-order valence-corrected chi connectivity index (χ4v) is 3.79. The molecule has 2 amide bonds. The molecule has 6 heteroatoms. The lowest BCUT2D eigenvalue weighted by Crippen LogP contribution is -2.20. The number of unbranched alkanes of at least 4 members (excludes halogenated alkanes) is 7. The van der Waals surface area contributed by atoms with Crippen LogP contribution in [-0.4, -0.2) is 38.3 Å². The van der Waals surface area contributed by atoms with Gasteiger partial charge in [-0.25, -0.2) is 0 Å². The summed E-state index contributed by atoms with van der Waals surface area (Å²) >= 11 is 0. The molecule has 0 saturated heterocycles. The van der Waals surface area contributed by atoms with Gasteiger partial charge in [0.2, 0.25) is 5.91 Å². The summed E-state index contributed by atoms with van der Waals surface area (Å²) in [6.07, 6.45) is 9.87. The van der Waals surface area contributed by atoms with Gasteiger partial charge in [0.1, 0.15) is 5.75 Å². The number of benzene rings is 2. The highest BCUT2D eigenvalue weighted by atomic mass is 16.5.